The maximum atomic E-state index is 12.2. The molecular formula is C13H11BrN2O3S. The molecule has 0 unspecified atom stereocenters. The highest BCUT2D eigenvalue weighted by Crippen LogP contribution is 2.27. The number of benzene rings is 1. The number of imide groups is 1. The highest BCUT2D eigenvalue weighted by molar-refractivity contribution is 9.10. The Bertz CT molecular complexity index is 568. The van der Waals surface area contributed by atoms with Crippen LogP contribution in [0.5, 0.6) is 0 Å². The lowest BCUT2D eigenvalue weighted by atomic mass is 10.1. The van der Waals surface area contributed by atoms with Gasteiger partial charge in [-0.1, -0.05) is 27.7 Å². The second-order valence-corrected chi connectivity index (χ2v) is 6.53. The quantitative estimate of drug-likeness (QED) is 0.814. The lowest BCUT2D eigenvalue weighted by molar-refractivity contribution is -0.128. The molecule has 2 fully saturated rings. The van der Waals surface area contributed by atoms with Crippen molar-refractivity contribution in [2.45, 2.75) is 6.04 Å². The maximum Gasteiger partial charge on any atom is 0.289 e. The largest absolute Gasteiger partial charge is 0.334 e. The van der Waals surface area contributed by atoms with Crippen LogP contribution in [0.4, 0.5) is 4.79 Å². The van der Waals surface area contributed by atoms with Gasteiger partial charge in [0.1, 0.15) is 0 Å². The van der Waals surface area contributed by atoms with Gasteiger partial charge in [-0.05, 0) is 24.3 Å². The van der Waals surface area contributed by atoms with Gasteiger partial charge in [-0.15, -0.1) is 0 Å². The van der Waals surface area contributed by atoms with Crippen molar-refractivity contribution in [3.05, 3.63) is 34.3 Å². The summed E-state index contributed by atoms with van der Waals surface area (Å²) < 4.78 is 0.917. The smallest absolute Gasteiger partial charge is 0.289 e. The Balaban J connectivity index is 1.63. The second kappa shape index (κ2) is 5.21. The van der Waals surface area contributed by atoms with Crippen molar-refractivity contribution in [2.75, 3.05) is 18.8 Å². The molecule has 0 aromatic heterocycles. The van der Waals surface area contributed by atoms with Crippen LogP contribution >= 0.6 is 27.7 Å². The SMILES string of the molecule is O=C(c1ccc(Br)cc1)N1CC(N2C(=O)CSC2=O)C1. The highest BCUT2D eigenvalue weighted by atomic mass is 79.9. The molecule has 1 aromatic rings. The van der Waals surface area contributed by atoms with Crippen LogP contribution < -0.4 is 0 Å². The van der Waals surface area contributed by atoms with Gasteiger partial charge in [0, 0.05) is 23.1 Å². The van der Waals surface area contributed by atoms with Gasteiger partial charge in [0.15, 0.2) is 0 Å². The normalized spacial score (nSPS) is 19.4. The summed E-state index contributed by atoms with van der Waals surface area (Å²) in [7, 11) is 0. The fraction of sp³-hybridized carbons (Fsp3) is 0.308. The lowest BCUT2D eigenvalue weighted by Gasteiger charge is -2.42. The Labute approximate surface area is 128 Å². The minimum Gasteiger partial charge on any atom is -0.334 e. The van der Waals surface area contributed by atoms with Crippen LogP contribution in [0.15, 0.2) is 28.7 Å². The van der Waals surface area contributed by atoms with E-state index in [-0.39, 0.29) is 28.8 Å². The molecule has 7 heteroatoms. The molecule has 104 valence electrons. The van der Waals surface area contributed by atoms with Gasteiger partial charge < -0.3 is 4.90 Å². The number of carbonyl (C=O) groups is 3. The maximum absolute atomic E-state index is 12.2. The third kappa shape index (κ3) is 2.35. The monoisotopic (exact) mass is 354 g/mol. The van der Waals surface area contributed by atoms with E-state index in [1.165, 1.54) is 4.90 Å². The van der Waals surface area contributed by atoms with Crippen LogP contribution in [0.1, 0.15) is 10.4 Å². The van der Waals surface area contributed by atoms with Gasteiger partial charge in [-0.25, -0.2) is 0 Å². The molecule has 3 rings (SSSR count). The molecule has 2 aliphatic heterocycles. The molecule has 1 aromatic carbocycles. The van der Waals surface area contributed by atoms with Crippen LogP contribution in [-0.4, -0.2) is 51.7 Å². The van der Waals surface area contributed by atoms with E-state index in [0.29, 0.717) is 18.7 Å². The zero-order chi connectivity index (χ0) is 14.3. The van der Waals surface area contributed by atoms with Gasteiger partial charge in [0.25, 0.3) is 11.1 Å². The molecule has 0 bridgehead atoms. The summed E-state index contributed by atoms with van der Waals surface area (Å²) >= 11 is 4.35. The number of thioether (sulfide) groups is 1. The molecule has 2 heterocycles. The Hall–Kier alpha value is -1.34. The van der Waals surface area contributed by atoms with Crippen molar-refractivity contribution in [1.82, 2.24) is 9.80 Å². The van der Waals surface area contributed by atoms with E-state index in [1.807, 2.05) is 12.1 Å². The van der Waals surface area contributed by atoms with Crippen LogP contribution in [0.2, 0.25) is 0 Å². The number of amides is 3. The molecule has 0 N–H and O–H groups in total. The van der Waals surface area contributed by atoms with Crippen molar-refractivity contribution in [1.29, 1.82) is 0 Å². The summed E-state index contributed by atoms with van der Waals surface area (Å²) in [6, 6.07) is 6.97. The molecule has 2 saturated heterocycles. The minimum atomic E-state index is -0.198. The first-order valence-electron chi connectivity index (χ1n) is 6.10. The third-order valence-electron chi connectivity index (χ3n) is 3.39. The van der Waals surface area contributed by atoms with Crippen molar-refractivity contribution >= 4 is 44.7 Å². The van der Waals surface area contributed by atoms with E-state index in [2.05, 4.69) is 15.9 Å². The van der Waals surface area contributed by atoms with Crippen molar-refractivity contribution in [3.8, 4) is 0 Å². The van der Waals surface area contributed by atoms with Crippen LogP contribution in [0.25, 0.3) is 0 Å². The fourth-order valence-corrected chi connectivity index (χ4v) is 3.32. The number of likely N-dealkylation sites (tertiary alicyclic amines) is 1. The van der Waals surface area contributed by atoms with Crippen molar-refractivity contribution < 1.29 is 14.4 Å². The molecule has 2 aliphatic rings. The summed E-state index contributed by atoms with van der Waals surface area (Å²) in [6.07, 6.45) is 0. The molecule has 20 heavy (non-hydrogen) atoms. The zero-order valence-corrected chi connectivity index (χ0v) is 12.8. The van der Waals surface area contributed by atoms with Crippen molar-refractivity contribution in [2.24, 2.45) is 0 Å². The highest BCUT2D eigenvalue weighted by Gasteiger charge is 2.43. The second-order valence-electron chi connectivity index (χ2n) is 4.69. The predicted octanol–water partition coefficient (Wildman–Crippen LogP) is 1.97. The summed E-state index contributed by atoms with van der Waals surface area (Å²) in [6.45, 7) is 0.847. The van der Waals surface area contributed by atoms with Gasteiger partial charge in [-0.3, -0.25) is 19.3 Å². The fourth-order valence-electron chi connectivity index (χ4n) is 2.28. The number of rotatable bonds is 2. The molecule has 0 aliphatic carbocycles. The van der Waals surface area contributed by atoms with E-state index in [1.54, 1.807) is 17.0 Å². The number of hydrogen-bond acceptors (Lipinski definition) is 4. The molecule has 0 radical (unpaired) electrons. The Morgan fingerprint density at radius 1 is 1.20 bits per heavy atom. The predicted molar refractivity (Wildman–Crippen MR) is 78.5 cm³/mol. The Kier molecular flexibility index (Phi) is 3.55. The molecule has 0 saturated carbocycles. The van der Waals surface area contributed by atoms with E-state index >= 15 is 0 Å². The summed E-state index contributed by atoms with van der Waals surface area (Å²) in [4.78, 5) is 38.3. The molecule has 5 nitrogen and oxygen atoms in total. The zero-order valence-electron chi connectivity index (χ0n) is 10.4. The van der Waals surface area contributed by atoms with E-state index < -0.39 is 0 Å². The first-order chi connectivity index (χ1) is 9.56. The molecular weight excluding hydrogens is 344 g/mol. The minimum absolute atomic E-state index is 0.0690. The first kappa shape index (κ1) is 13.6. The third-order valence-corrected chi connectivity index (χ3v) is 4.75. The number of halogens is 1. The lowest BCUT2D eigenvalue weighted by Crippen LogP contribution is -2.62. The molecule has 0 spiro atoms. The number of carbonyl (C=O) groups excluding carboxylic acids is 3. The van der Waals surface area contributed by atoms with Crippen LogP contribution in [0.3, 0.4) is 0 Å². The summed E-state index contributed by atoms with van der Waals surface area (Å²) in [5, 5.41) is -0.198. The Morgan fingerprint density at radius 2 is 1.85 bits per heavy atom. The summed E-state index contributed by atoms with van der Waals surface area (Å²) in [5.41, 5.74) is 0.611. The first-order valence-corrected chi connectivity index (χ1v) is 7.88. The summed E-state index contributed by atoms with van der Waals surface area (Å²) in [5.74, 6) is -0.00283. The van der Waals surface area contributed by atoms with E-state index in [0.717, 1.165) is 16.2 Å². The van der Waals surface area contributed by atoms with Gasteiger partial charge in [0.2, 0.25) is 5.91 Å². The van der Waals surface area contributed by atoms with Crippen LogP contribution in [-0.2, 0) is 4.79 Å². The van der Waals surface area contributed by atoms with E-state index in [9.17, 15) is 14.4 Å². The molecule has 0 atom stereocenters. The van der Waals surface area contributed by atoms with Gasteiger partial charge in [-0.2, -0.15) is 0 Å². The van der Waals surface area contributed by atoms with Crippen LogP contribution in [0, 0.1) is 0 Å². The Morgan fingerprint density at radius 3 is 2.40 bits per heavy atom. The number of hydrogen-bond donors (Lipinski definition) is 0. The standard InChI is InChI=1S/C13H11BrN2O3S/c14-9-3-1-8(2-4-9)12(18)15-5-10(6-15)16-11(17)7-20-13(16)19/h1-4,10H,5-7H2. The van der Waals surface area contributed by atoms with Gasteiger partial charge in [0.05, 0.1) is 11.8 Å². The van der Waals surface area contributed by atoms with Gasteiger partial charge >= 0.3 is 0 Å². The number of nitrogens with zero attached hydrogens (tertiary/aromatic N) is 2. The average molecular weight is 355 g/mol. The van der Waals surface area contributed by atoms with Crippen molar-refractivity contribution in [3.63, 3.8) is 0 Å². The average Bonchev–Trinajstić information content (AvgIpc) is 2.70. The topological polar surface area (TPSA) is 57.7 Å². The molecule has 3 amide bonds. The van der Waals surface area contributed by atoms with E-state index in [4.69, 9.17) is 0 Å².